The molecule has 1 rings (SSSR count). The highest BCUT2D eigenvalue weighted by molar-refractivity contribution is 5.84. The summed E-state index contributed by atoms with van der Waals surface area (Å²) >= 11 is 0. The van der Waals surface area contributed by atoms with Crippen LogP contribution in [0.2, 0.25) is 0 Å². The number of amides is 1. The molecule has 0 bridgehead atoms. The van der Waals surface area contributed by atoms with Crippen LogP contribution in [0.1, 0.15) is 53.9 Å². The topological polar surface area (TPSA) is 74.8 Å². The van der Waals surface area contributed by atoms with Gasteiger partial charge in [-0.15, -0.1) is 0 Å². The van der Waals surface area contributed by atoms with Crippen molar-refractivity contribution < 1.29 is 9.53 Å². The highest BCUT2D eigenvalue weighted by Gasteiger charge is 2.53. The van der Waals surface area contributed by atoms with Gasteiger partial charge in [-0.1, -0.05) is 13.8 Å². The summed E-state index contributed by atoms with van der Waals surface area (Å²) in [4.78, 5) is 16.2. The molecule has 2 atom stereocenters. The second kappa shape index (κ2) is 8.70. The van der Waals surface area contributed by atoms with E-state index in [9.17, 15) is 4.79 Å². The second-order valence-electron chi connectivity index (χ2n) is 7.21. The maximum Gasteiger partial charge on any atom is 0.227 e. The van der Waals surface area contributed by atoms with E-state index in [1.54, 1.807) is 14.1 Å². The van der Waals surface area contributed by atoms with Crippen molar-refractivity contribution in [2.75, 3.05) is 27.2 Å². The number of hydrogen-bond donors (Lipinski definition) is 3. The first-order chi connectivity index (χ1) is 11.3. The van der Waals surface area contributed by atoms with E-state index in [1.165, 1.54) is 0 Å². The van der Waals surface area contributed by atoms with Gasteiger partial charge in [0.2, 0.25) is 5.91 Å². The lowest BCUT2D eigenvalue weighted by molar-refractivity contribution is -0.133. The van der Waals surface area contributed by atoms with E-state index in [0.717, 1.165) is 31.8 Å². The van der Waals surface area contributed by atoms with Gasteiger partial charge in [-0.2, -0.15) is 0 Å². The molecule has 0 aromatic rings. The molecule has 0 aliphatic heterocycles. The minimum atomic E-state index is -0.494. The second-order valence-corrected chi connectivity index (χ2v) is 7.21. The molecule has 24 heavy (non-hydrogen) atoms. The Balaban J connectivity index is 2.68. The molecule has 3 N–H and O–H groups in total. The fourth-order valence-electron chi connectivity index (χ4n) is 3.67. The van der Waals surface area contributed by atoms with Gasteiger partial charge < -0.3 is 20.7 Å². The Labute approximate surface area is 147 Å². The Morgan fingerprint density at radius 3 is 2.38 bits per heavy atom. The van der Waals surface area contributed by atoms with E-state index in [0.29, 0.717) is 18.7 Å². The zero-order chi connectivity index (χ0) is 18.4. The number of carbonyl (C=O) groups excluding carboxylic acids is 1. The van der Waals surface area contributed by atoms with E-state index >= 15 is 0 Å². The fourth-order valence-corrected chi connectivity index (χ4v) is 3.67. The molecule has 1 fully saturated rings. The van der Waals surface area contributed by atoms with Gasteiger partial charge in [0.05, 0.1) is 11.5 Å². The minimum absolute atomic E-state index is 0.0157. The van der Waals surface area contributed by atoms with Crippen molar-refractivity contribution in [3.63, 3.8) is 0 Å². The molecule has 1 aliphatic rings. The largest absolute Gasteiger partial charge is 0.378 e. The molecule has 2 unspecified atom stereocenters. The number of rotatable bonds is 8. The van der Waals surface area contributed by atoms with Crippen LogP contribution in [0.5, 0.6) is 0 Å². The van der Waals surface area contributed by atoms with Crippen LogP contribution in [0.25, 0.3) is 0 Å². The van der Waals surface area contributed by atoms with Gasteiger partial charge in [-0.25, -0.2) is 0 Å². The molecule has 1 amide bonds. The zero-order valence-corrected chi connectivity index (χ0v) is 16.5. The highest BCUT2D eigenvalue weighted by Crippen LogP contribution is 2.48. The van der Waals surface area contributed by atoms with Crippen molar-refractivity contribution in [1.82, 2.24) is 16.0 Å². The van der Waals surface area contributed by atoms with Crippen molar-refractivity contribution in [2.24, 2.45) is 15.8 Å². The average molecular weight is 341 g/mol. The standard InChI is InChI=1S/C18H36N4O2/c1-8-18(9-2)13(11-14(18)24-10-3)22-16(20-7)21-12-17(4,5)15(23)19-6/h13-14H,8-12H2,1-7H3,(H,19,23)(H2,20,21,22). The summed E-state index contributed by atoms with van der Waals surface area (Å²) < 4.78 is 5.93. The quantitative estimate of drug-likeness (QED) is 0.466. The number of carbonyl (C=O) groups is 1. The van der Waals surface area contributed by atoms with E-state index in [4.69, 9.17) is 4.74 Å². The van der Waals surface area contributed by atoms with Crippen LogP contribution in [-0.4, -0.2) is 51.3 Å². The van der Waals surface area contributed by atoms with Crippen LogP contribution in [0, 0.1) is 10.8 Å². The maximum atomic E-state index is 11.9. The number of guanidine groups is 1. The lowest BCUT2D eigenvalue weighted by atomic mass is 9.58. The summed E-state index contributed by atoms with van der Waals surface area (Å²) in [6.07, 6.45) is 3.46. The Morgan fingerprint density at radius 2 is 1.92 bits per heavy atom. The normalized spacial score (nSPS) is 23.4. The number of nitrogens with one attached hydrogen (secondary N) is 3. The molecule has 0 aromatic heterocycles. The van der Waals surface area contributed by atoms with Crippen LogP contribution in [0.3, 0.4) is 0 Å². The smallest absolute Gasteiger partial charge is 0.227 e. The lowest BCUT2D eigenvalue weighted by Gasteiger charge is -2.55. The third-order valence-electron chi connectivity index (χ3n) is 5.54. The molecule has 0 heterocycles. The highest BCUT2D eigenvalue weighted by atomic mass is 16.5. The molecule has 6 nitrogen and oxygen atoms in total. The van der Waals surface area contributed by atoms with Crippen LogP contribution < -0.4 is 16.0 Å². The average Bonchev–Trinajstić information content (AvgIpc) is 2.57. The Morgan fingerprint density at radius 1 is 1.29 bits per heavy atom. The molecule has 0 radical (unpaired) electrons. The van der Waals surface area contributed by atoms with Crippen LogP contribution in [0.4, 0.5) is 0 Å². The molecule has 6 heteroatoms. The van der Waals surface area contributed by atoms with Gasteiger partial charge in [-0.05, 0) is 40.0 Å². The third-order valence-corrected chi connectivity index (χ3v) is 5.54. The van der Waals surface area contributed by atoms with E-state index in [-0.39, 0.29) is 11.3 Å². The van der Waals surface area contributed by atoms with Gasteiger partial charge in [0.25, 0.3) is 0 Å². The molecular weight excluding hydrogens is 304 g/mol. The van der Waals surface area contributed by atoms with Gasteiger partial charge >= 0.3 is 0 Å². The molecule has 1 aliphatic carbocycles. The Bertz CT molecular complexity index is 444. The number of aliphatic imine (C=N–C) groups is 1. The third kappa shape index (κ3) is 4.21. The summed E-state index contributed by atoms with van der Waals surface area (Å²) in [6.45, 7) is 11.6. The fraction of sp³-hybridized carbons (Fsp3) is 0.889. The first-order valence-electron chi connectivity index (χ1n) is 9.12. The molecule has 0 spiro atoms. The summed E-state index contributed by atoms with van der Waals surface area (Å²) in [7, 11) is 3.43. The van der Waals surface area contributed by atoms with Crippen LogP contribution in [0.15, 0.2) is 4.99 Å². The molecule has 0 saturated heterocycles. The Hall–Kier alpha value is -1.30. The maximum absolute atomic E-state index is 11.9. The number of hydrogen-bond acceptors (Lipinski definition) is 3. The van der Waals surface area contributed by atoms with Gasteiger partial charge in [0, 0.05) is 38.7 Å². The number of nitrogens with zero attached hydrogens (tertiary/aromatic N) is 1. The SMILES string of the molecule is CCOC1CC(NC(=NC)NCC(C)(C)C(=O)NC)C1(CC)CC. The van der Waals surface area contributed by atoms with Gasteiger partial charge in [-0.3, -0.25) is 9.79 Å². The van der Waals surface area contributed by atoms with E-state index in [1.807, 2.05) is 13.8 Å². The number of ether oxygens (including phenoxy) is 1. The summed E-state index contributed by atoms with van der Waals surface area (Å²) in [6, 6.07) is 0.346. The molecule has 140 valence electrons. The predicted molar refractivity (Wildman–Crippen MR) is 99.2 cm³/mol. The first-order valence-corrected chi connectivity index (χ1v) is 9.12. The zero-order valence-electron chi connectivity index (χ0n) is 16.5. The van der Waals surface area contributed by atoms with Gasteiger partial charge in [0.15, 0.2) is 5.96 Å². The summed E-state index contributed by atoms with van der Waals surface area (Å²) in [5.41, 5.74) is -0.337. The van der Waals surface area contributed by atoms with Crippen molar-refractivity contribution in [2.45, 2.75) is 66.0 Å². The lowest BCUT2D eigenvalue weighted by Crippen LogP contribution is -2.66. The van der Waals surface area contributed by atoms with Crippen LogP contribution in [-0.2, 0) is 9.53 Å². The molecular formula is C18H36N4O2. The van der Waals surface area contributed by atoms with Crippen molar-refractivity contribution in [3.8, 4) is 0 Å². The van der Waals surface area contributed by atoms with E-state index < -0.39 is 5.41 Å². The summed E-state index contributed by atoms with van der Waals surface area (Å²) in [5.74, 6) is 0.764. The van der Waals surface area contributed by atoms with Crippen LogP contribution >= 0.6 is 0 Å². The molecule has 0 aromatic carbocycles. The van der Waals surface area contributed by atoms with Gasteiger partial charge in [0.1, 0.15) is 0 Å². The Kier molecular flexibility index (Phi) is 7.52. The molecule has 1 saturated carbocycles. The summed E-state index contributed by atoms with van der Waals surface area (Å²) in [5, 5.41) is 9.54. The first kappa shape index (κ1) is 20.7. The van der Waals surface area contributed by atoms with Crippen molar-refractivity contribution in [1.29, 1.82) is 0 Å². The minimum Gasteiger partial charge on any atom is -0.378 e. The van der Waals surface area contributed by atoms with E-state index in [2.05, 4.69) is 41.7 Å². The van der Waals surface area contributed by atoms with Crippen molar-refractivity contribution >= 4 is 11.9 Å². The predicted octanol–water partition coefficient (Wildman–Crippen LogP) is 1.91. The monoisotopic (exact) mass is 340 g/mol. The van der Waals surface area contributed by atoms with Crippen molar-refractivity contribution in [3.05, 3.63) is 0 Å².